The molecule has 2 N–H and O–H groups in total. The highest BCUT2D eigenvalue weighted by Crippen LogP contribution is 2.26. The van der Waals surface area contributed by atoms with Crippen LogP contribution in [0.5, 0.6) is 0 Å². The fraction of sp³-hybridized carbons (Fsp3) is 0.217. The molecule has 0 aliphatic rings. The van der Waals surface area contributed by atoms with Crippen molar-refractivity contribution in [2.24, 2.45) is 0 Å². The molecular weight excluding hydrogens is 407 g/mol. The van der Waals surface area contributed by atoms with Crippen LogP contribution in [-0.4, -0.2) is 17.9 Å². The maximum absolute atomic E-state index is 13.9. The van der Waals surface area contributed by atoms with Crippen LogP contribution in [0.15, 0.2) is 59.0 Å². The molecular formula is C23H22ClFN2O3. The van der Waals surface area contributed by atoms with Crippen LogP contribution in [0, 0.1) is 5.82 Å². The second kappa shape index (κ2) is 9.59. The van der Waals surface area contributed by atoms with Crippen LogP contribution in [0.4, 0.5) is 10.1 Å². The van der Waals surface area contributed by atoms with Crippen LogP contribution in [0.2, 0.25) is 5.02 Å². The van der Waals surface area contributed by atoms with Gasteiger partial charge in [0, 0.05) is 24.4 Å². The lowest BCUT2D eigenvalue weighted by atomic mass is 10.1. The highest BCUT2D eigenvalue weighted by Gasteiger charge is 2.14. The number of anilines is 1. The highest BCUT2D eigenvalue weighted by molar-refractivity contribution is 6.33. The minimum absolute atomic E-state index is 0.00577. The summed E-state index contributed by atoms with van der Waals surface area (Å²) in [6.07, 6.45) is 0.481. The average molecular weight is 429 g/mol. The van der Waals surface area contributed by atoms with Gasteiger partial charge in [-0.15, -0.1) is 0 Å². The Morgan fingerprint density at radius 1 is 1.10 bits per heavy atom. The molecule has 30 heavy (non-hydrogen) atoms. The number of furan rings is 1. The number of carbonyl (C=O) groups is 2. The zero-order chi connectivity index (χ0) is 21.7. The van der Waals surface area contributed by atoms with Gasteiger partial charge < -0.3 is 15.1 Å². The van der Waals surface area contributed by atoms with E-state index in [1.165, 1.54) is 6.07 Å². The maximum atomic E-state index is 13.9. The van der Waals surface area contributed by atoms with Crippen molar-refractivity contribution in [2.45, 2.75) is 32.7 Å². The van der Waals surface area contributed by atoms with Crippen molar-refractivity contribution < 1.29 is 18.4 Å². The molecule has 0 spiro atoms. The Hall–Kier alpha value is -3.12. The SMILES string of the molecule is CC(C)NC(=O)c1ccc(Cl)c(NC(=O)CCc2ccc(-c3ccccc3F)o2)c1. The van der Waals surface area contributed by atoms with E-state index in [-0.39, 0.29) is 30.1 Å². The van der Waals surface area contributed by atoms with Crippen LogP contribution in [0.1, 0.15) is 36.4 Å². The second-order valence-electron chi connectivity index (χ2n) is 7.12. The maximum Gasteiger partial charge on any atom is 0.251 e. The van der Waals surface area contributed by atoms with E-state index in [1.807, 2.05) is 13.8 Å². The van der Waals surface area contributed by atoms with Crippen LogP contribution < -0.4 is 10.6 Å². The average Bonchev–Trinajstić information content (AvgIpc) is 3.16. The van der Waals surface area contributed by atoms with E-state index in [4.69, 9.17) is 16.0 Å². The van der Waals surface area contributed by atoms with Gasteiger partial charge in [-0.1, -0.05) is 23.7 Å². The molecule has 0 unspecified atom stereocenters. The Morgan fingerprint density at radius 3 is 2.60 bits per heavy atom. The molecule has 156 valence electrons. The normalized spacial score (nSPS) is 10.8. The van der Waals surface area contributed by atoms with E-state index in [9.17, 15) is 14.0 Å². The van der Waals surface area contributed by atoms with Crippen molar-refractivity contribution >= 4 is 29.1 Å². The Balaban J connectivity index is 1.61. The predicted molar refractivity (Wildman–Crippen MR) is 115 cm³/mol. The first-order valence-electron chi connectivity index (χ1n) is 9.57. The number of aryl methyl sites for hydroxylation is 1. The van der Waals surface area contributed by atoms with Gasteiger partial charge >= 0.3 is 0 Å². The van der Waals surface area contributed by atoms with Gasteiger partial charge in [-0.05, 0) is 56.3 Å². The minimum Gasteiger partial charge on any atom is -0.461 e. The van der Waals surface area contributed by atoms with Crippen molar-refractivity contribution in [1.29, 1.82) is 0 Å². The summed E-state index contributed by atoms with van der Waals surface area (Å²) in [5, 5.41) is 5.85. The summed E-state index contributed by atoms with van der Waals surface area (Å²) in [5.74, 6) is 0.0951. The monoisotopic (exact) mass is 428 g/mol. The summed E-state index contributed by atoms with van der Waals surface area (Å²) in [6.45, 7) is 3.73. The van der Waals surface area contributed by atoms with Crippen molar-refractivity contribution in [3.05, 3.63) is 76.8 Å². The molecule has 1 aromatic heterocycles. The molecule has 3 aromatic rings. The Kier molecular flexibility index (Phi) is 6.90. The van der Waals surface area contributed by atoms with E-state index >= 15 is 0 Å². The molecule has 1 heterocycles. The molecule has 0 aliphatic carbocycles. The van der Waals surface area contributed by atoms with E-state index in [2.05, 4.69) is 10.6 Å². The predicted octanol–water partition coefficient (Wildman–Crippen LogP) is 5.45. The molecule has 7 heteroatoms. The summed E-state index contributed by atoms with van der Waals surface area (Å²) >= 11 is 6.15. The van der Waals surface area contributed by atoms with E-state index in [0.717, 1.165) is 0 Å². The molecule has 5 nitrogen and oxygen atoms in total. The van der Waals surface area contributed by atoms with Crippen LogP contribution >= 0.6 is 11.6 Å². The molecule has 0 bridgehead atoms. The summed E-state index contributed by atoms with van der Waals surface area (Å²) in [4.78, 5) is 24.5. The second-order valence-corrected chi connectivity index (χ2v) is 7.52. The first-order valence-corrected chi connectivity index (χ1v) is 9.95. The van der Waals surface area contributed by atoms with Crippen molar-refractivity contribution in [3.63, 3.8) is 0 Å². The first-order chi connectivity index (χ1) is 14.3. The number of hydrogen-bond donors (Lipinski definition) is 2. The zero-order valence-corrected chi connectivity index (χ0v) is 17.4. The standard InChI is InChI=1S/C23H22ClFN2O3/c1-14(2)26-23(29)15-7-10-18(24)20(13-15)27-22(28)12-9-16-8-11-21(30-16)17-5-3-4-6-19(17)25/h3-8,10-11,13-14H,9,12H2,1-2H3,(H,26,29)(H,27,28). The van der Waals surface area contributed by atoms with E-state index in [1.54, 1.807) is 48.5 Å². The highest BCUT2D eigenvalue weighted by atomic mass is 35.5. The summed E-state index contributed by atoms with van der Waals surface area (Å²) in [5.41, 5.74) is 1.14. The third-order valence-electron chi connectivity index (χ3n) is 4.32. The smallest absolute Gasteiger partial charge is 0.251 e. The lowest BCUT2D eigenvalue weighted by Crippen LogP contribution is -2.30. The fourth-order valence-corrected chi connectivity index (χ4v) is 3.04. The Bertz CT molecular complexity index is 1060. The van der Waals surface area contributed by atoms with Crippen molar-refractivity contribution in [1.82, 2.24) is 5.32 Å². The van der Waals surface area contributed by atoms with Crippen LogP contribution in [0.25, 0.3) is 11.3 Å². The number of rotatable bonds is 7. The van der Waals surface area contributed by atoms with E-state index in [0.29, 0.717) is 39.8 Å². The largest absolute Gasteiger partial charge is 0.461 e. The molecule has 0 atom stereocenters. The molecule has 2 aromatic carbocycles. The lowest BCUT2D eigenvalue weighted by Gasteiger charge is -2.11. The third-order valence-corrected chi connectivity index (χ3v) is 4.65. The van der Waals surface area contributed by atoms with Crippen LogP contribution in [-0.2, 0) is 11.2 Å². The number of carbonyl (C=O) groups excluding carboxylic acids is 2. The summed E-state index contributed by atoms with van der Waals surface area (Å²) in [6, 6.07) is 14.4. The Morgan fingerprint density at radius 2 is 1.87 bits per heavy atom. The molecule has 3 rings (SSSR count). The van der Waals surface area contributed by atoms with Gasteiger partial charge in [0.2, 0.25) is 5.91 Å². The number of amides is 2. The number of nitrogens with one attached hydrogen (secondary N) is 2. The van der Waals surface area contributed by atoms with Gasteiger partial charge in [-0.25, -0.2) is 4.39 Å². The number of benzene rings is 2. The molecule has 0 saturated heterocycles. The topological polar surface area (TPSA) is 71.3 Å². The molecule has 0 radical (unpaired) electrons. The number of hydrogen-bond acceptors (Lipinski definition) is 3. The first kappa shape index (κ1) is 21.6. The number of halogens is 2. The minimum atomic E-state index is -0.368. The lowest BCUT2D eigenvalue weighted by molar-refractivity contribution is -0.116. The molecule has 0 aliphatic heterocycles. The van der Waals surface area contributed by atoms with Crippen molar-refractivity contribution in [3.8, 4) is 11.3 Å². The summed E-state index contributed by atoms with van der Waals surface area (Å²) in [7, 11) is 0. The van der Waals surface area contributed by atoms with Gasteiger partial charge in [0.15, 0.2) is 0 Å². The third kappa shape index (κ3) is 5.48. The van der Waals surface area contributed by atoms with Gasteiger partial charge in [0.1, 0.15) is 17.3 Å². The fourth-order valence-electron chi connectivity index (χ4n) is 2.88. The van der Waals surface area contributed by atoms with E-state index < -0.39 is 0 Å². The molecule has 0 fully saturated rings. The zero-order valence-electron chi connectivity index (χ0n) is 16.7. The summed E-state index contributed by atoms with van der Waals surface area (Å²) < 4.78 is 19.5. The van der Waals surface area contributed by atoms with Crippen LogP contribution in [0.3, 0.4) is 0 Å². The quantitative estimate of drug-likeness (QED) is 0.525. The van der Waals surface area contributed by atoms with Gasteiger partial charge in [-0.2, -0.15) is 0 Å². The van der Waals surface area contributed by atoms with Crippen molar-refractivity contribution in [2.75, 3.05) is 5.32 Å². The van der Waals surface area contributed by atoms with Gasteiger partial charge in [0.05, 0.1) is 16.3 Å². The van der Waals surface area contributed by atoms with Gasteiger partial charge in [0.25, 0.3) is 5.91 Å². The molecule has 2 amide bonds. The van der Waals surface area contributed by atoms with Gasteiger partial charge in [-0.3, -0.25) is 9.59 Å². The Labute approximate surface area is 179 Å². The molecule has 0 saturated carbocycles.